The van der Waals surface area contributed by atoms with Gasteiger partial charge < -0.3 is 5.32 Å². The van der Waals surface area contributed by atoms with Crippen LogP contribution in [-0.2, 0) is 6.42 Å². The SMILES string of the molecule is Cc1ccc(Nc2n[nH]c(Cc3ccc(C#N)cc3)n2)cc1. The molecule has 0 atom stereocenters. The van der Waals surface area contributed by atoms with Crippen LogP contribution in [0.5, 0.6) is 0 Å². The van der Waals surface area contributed by atoms with Gasteiger partial charge in [0, 0.05) is 12.1 Å². The summed E-state index contributed by atoms with van der Waals surface area (Å²) in [6, 6.07) is 17.6. The molecule has 22 heavy (non-hydrogen) atoms. The summed E-state index contributed by atoms with van der Waals surface area (Å²) >= 11 is 0. The zero-order valence-corrected chi connectivity index (χ0v) is 12.2. The second-order valence-electron chi connectivity index (χ2n) is 5.08. The molecule has 0 saturated carbocycles. The van der Waals surface area contributed by atoms with E-state index in [1.54, 1.807) is 12.1 Å². The number of hydrogen-bond acceptors (Lipinski definition) is 4. The van der Waals surface area contributed by atoms with E-state index in [0.29, 0.717) is 17.9 Å². The number of aromatic amines is 1. The number of H-pyrrole nitrogens is 1. The van der Waals surface area contributed by atoms with Gasteiger partial charge in [-0.25, -0.2) is 0 Å². The maximum Gasteiger partial charge on any atom is 0.246 e. The van der Waals surface area contributed by atoms with Crippen LogP contribution in [0.15, 0.2) is 48.5 Å². The molecule has 0 spiro atoms. The molecule has 0 unspecified atom stereocenters. The van der Waals surface area contributed by atoms with Gasteiger partial charge >= 0.3 is 0 Å². The number of nitrogens with one attached hydrogen (secondary N) is 2. The van der Waals surface area contributed by atoms with Gasteiger partial charge in [0.25, 0.3) is 0 Å². The molecule has 1 heterocycles. The van der Waals surface area contributed by atoms with E-state index in [1.807, 2.05) is 43.3 Å². The van der Waals surface area contributed by atoms with Crippen LogP contribution >= 0.6 is 0 Å². The number of rotatable bonds is 4. The molecule has 1 aromatic heterocycles. The molecule has 0 aliphatic rings. The standard InChI is InChI=1S/C17H15N5/c1-12-2-8-15(9-3-12)19-17-20-16(21-22-17)10-13-4-6-14(11-18)7-5-13/h2-9H,10H2,1H3,(H2,19,20,21,22). The Morgan fingerprint density at radius 3 is 2.50 bits per heavy atom. The Morgan fingerprint density at radius 1 is 1.09 bits per heavy atom. The van der Waals surface area contributed by atoms with Crippen LogP contribution in [0.3, 0.4) is 0 Å². The lowest BCUT2D eigenvalue weighted by Crippen LogP contribution is -1.93. The molecule has 5 nitrogen and oxygen atoms in total. The number of nitriles is 1. The van der Waals surface area contributed by atoms with E-state index >= 15 is 0 Å². The first-order chi connectivity index (χ1) is 10.7. The molecule has 0 fully saturated rings. The minimum atomic E-state index is 0.549. The zero-order valence-electron chi connectivity index (χ0n) is 12.2. The lowest BCUT2D eigenvalue weighted by molar-refractivity contribution is 0.972. The lowest BCUT2D eigenvalue weighted by Gasteiger charge is -2.01. The first-order valence-corrected chi connectivity index (χ1v) is 6.97. The fourth-order valence-electron chi connectivity index (χ4n) is 2.09. The minimum Gasteiger partial charge on any atom is -0.323 e. The van der Waals surface area contributed by atoms with Crippen molar-refractivity contribution in [2.75, 3.05) is 5.32 Å². The third kappa shape index (κ3) is 3.30. The average Bonchev–Trinajstić information content (AvgIpc) is 2.97. The van der Waals surface area contributed by atoms with Gasteiger partial charge in [0.2, 0.25) is 5.95 Å². The Labute approximate surface area is 128 Å². The largest absolute Gasteiger partial charge is 0.323 e. The van der Waals surface area contributed by atoms with Crippen LogP contribution in [0.25, 0.3) is 0 Å². The van der Waals surface area contributed by atoms with Crippen LogP contribution in [0.4, 0.5) is 11.6 Å². The first-order valence-electron chi connectivity index (χ1n) is 6.97. The number of nitrogens with zero attached hydrogens (tertiary/aromatic N) is 3. The number of anilines is 2. The zero-order chi connectivity index (χ0) is 15.4. The molecule has 2 aromatic carbocycles. The van der Waals surface area contributed by atoms with Gasteiger partial charge in [0.15, 0.2) is 0 Å². The number of aromatic nitrogens is 3. The van der Waals surface area contributed by atoms with Crippen molar-refractivity contribution in [2.45, 2.75) is 13.3 Å². The molecular formula is C17H15N5. The Balaban J connectivity index is 1.68. The predicted molar refractivity (Wildman–Crippen MR) is 84.8 cm³/mol. The quantitative estimate of drug-likeness (QED) is 0.772. The Morgan fingerprint density at radius 2 is 1.82 bits per heavy atom. The summed E-state index contributed by atoms with van der Waals surface area (Å²) in [6.45, 7) is 2.05. The summed E-state index contributed by atoms with van der Waals surface area (Å²) in [5.74, 6) is 1.33. The second kappa shape index (κ2) is 6.10. The highest BCUT2D eigenvalue weighted by molar-refractivity contribution is 5.53. The smallest absolute Gasteiger partial charge is 0.246 e. The summed E-state index contributed by atoms with van der Waals surface area (Å²) in [7, 11) is 0. The maximum atomic E-state index is 8.79. The highest BCUT2D eigenvalue weighted by atomic mass is 15.3. The number of hydrogen-bond donors (Lipinski definition) is 2. The van der Waals surface area contributed by atoms with E-state index in [0.717, 1.165) is 17.1 Å². The van der Waals surface area contributed by atoms with Gasteiger partial charge in [-0.15, -0.1) is 5.10 Å². The molecule has 108 valence electrons. The molecule has 0 aliphatic carbocycles. The summed E-state index contributed by atoms with van der Waals surface area (Å²) in [5, 5.41) is 19.0. The molecular weight excluding hydrogens is 274 g/mol. The van der Waals surface area contributed by atoms with E-state index in [2.05, 4.69) is 26.6 Å². The van der Waals surface area contributed by atoms with Crippen molar-refractivity contribution in [2.24, 2.45) is 0 Å². The second-order valence-corrected chi connectivity index (χ2v) is 5.08. The van der Waals surface area contributed by atoms with Crippen LogP contribution in [0, 0.1) is 18.3 Å². The lowest BCUT2D eigenvalue weighted by atomic mass is 10.1. The van der Waals surface area contributed by atoms with Crippen molar-refractivity contribution in [1.82, 2.24) is 15.2 Å². The summed E-state index contributed by atoms with van der Waals surface area (Å²) < 4.78 is 0. The fraction of sp³-hybridized carbons (Fsp3) is 0.118. The molecule has 5 heteroatoms. The Bertz CT molecular complexity index is 794. The molecule has 0 bridgehead atoms. The van der Waals surface area contributed by atoms with Crippen LogP contribution in [0.1, 0.15) is 22.5 Å². The minimum absolute atomic E-state index is 0.549. The highest BCUT2D eigenvalue weighted by Crippen LogP contribution is 2.14. The Hall–Kier alpha value is -3.13. The molecule has 0 aliphatic heterocycles. The summed E-state index contributed by atoms with van der Waals surface area (Å²) in [6.07, 6.45) is 0.647. The maximum absolute atomic E-state index is 8.79. The van der Waals surface area contributed by atoms with Gasteiger partial charge in [0.05, 0.1) is 11.6 Å². The third-order valence-corrected chi connectivity index (χ3v) is 3.29. The van der Waals surface area contributed by atoms with Crippen molar-refractivity contribution in [3.05, 3.63) is 71.0 Å². The van der Waals surface area contributed by atoms with Gasteiger partial charge in [-0.3, -0.25) is 5.10 Å². The number of benzene rings is 2. The molecule has 0 saturated heterocycles. The van der Waals surface area contributed by atoms with Crippen molar-refractivity contribution in [3.8, 4) is 6.07 Å². The van der Waals surface area contributed by atoms with E-state index in [1.165, 1.54) is 5.56 Å². The van der Waals surface area contributed by atoms with Crippen LogP contribution < -0.4 is 5.32 Å². The molecule has 3 rings (SSSR count). The summed E-state index contributed by atoms with van der Waals surface area (Å²) in [4.78, 5) is 4.42. The molecule has 2 N–H and O–H groups in total. The van der Waals surface area contributed by atoms with Gasteiger partial charge in [-0.2, -0.15) is 10.2 Å². The fourth-order valence-corrected chi connectivity index (χ4v) is 2.09. The van der Waals surface area contributed by atoms with Crippen LogP contribution in [-0.4, -0.2) is 15.2 Å². The van der Waals surface area contributed by atoms with Crippen molar-refractivity contribution < 1.29 is 0 Å². The normalized spacial score (nSPS) is 10.2. The average molecular weight is 289 g/mol. The first kappa shape index (κ1) is 13.8. The topological polar surface area (TPSA) is 77.4 Å². The van der Waals surface area contributed by atoms with Gasteiger partial charge in [-0.1, -0.05) is 29.8 Å². The Kier molecular flexibility index (Phi) is 3.84. The van der Waals surface area contributed by atoms with E-state index in [9.17, 15) is 0 Å². The number of aryl methyl sites for hydroxylation is 1. The molecule has 0 amide bonds. The van der Waals surface area contributed by atoms with E-state index in [-0.39, 0.29) is 0 Å². The van der Waals surface area contributed by atoms with Crippen molar-refractivity contribution >= 4 is 11.6 Å². The highest BCUT2D eigenvalue weighted by Gasteiger charge is 2.05. The van der Waals surface area contributed by atoms with Crippen LogP contribution in [0.2, 0.25) is 0 Å². The van der Waals surface area contributed by atoms with Crippen molar-refractivity contribution in [1.29, 1.82) is 5.26 Å². The van der Waals surface area contributed by atoms with Gasteiger partial charge in [-0.05, 0) is 36.8 Å². The van der Waals surface area contributed by atoms with Gasteiger partial charge in [0.1, 0.15) is 5.82 Å². The molecule has 0 radical (unpaired) electrons. The molecule has 3 aromatic rings. The third-order valence-electron chi connectivity index (χ3n) is 3.29. The predicted octanol–water partition coefficient (Wildman–Crippen LogP) is 3.32. The van der Waals surface area contributed by atoms with Crippen molar-refractivity contribution in [3.63, 3.8) is 0 Å². The van der Waals surface area contributed by atoms with E-state index < -0.39 is 0 Å². The summed E-state index contributed by atoms with van der Waals surface area (Å²) in [5.41, 5.74) is 3.90. The monoisotopic (exact) mass is 289 g/mol. The van der Waals surface area contributed by atoms with E-state index in [4.69, 9.17) is 5.26 Å².